The molecule has 112 valence electrons. The van der Waals surface area contributed by atoms with Crippen LogP contribution in [0.5, 0.6) is 0 Å². The van der Waals surface area contributed by atoms with Crippen molar-refractivity contribution in [2.24, 2.45) is 0 Å². The van der Waals surface area contributed by atoms with E-state index in [1.807, 2.05) is 12.1 Å². The minimum absolute atomic E-state index is 0.289. The number of sulfone groups is 1. The first-order valence-corrected chi connectivity index (χ1v) is 8.93. The van der Waals surface area contributed by atoms with Gasteiger partial charge in [-0.05, 0) is 47.5 Å². The second kappa shape index (κ2) is 4.80. The van der Waals surface area contributed by atoms with Crippen molar-refractivity contribution in [2.75, 3.05) is 13.6 Å². The molecule has 0 spiro atoms. The van der Waals surface area contributed by atoms with Gasteiger partial charge in [0.1, 0.15) is 0 Å². The lowest BCUT2D eigenvalue weighted by atomic mass is 9.84. The summed E-state index contributed by atoms with van der Waals surface area (Å²) in [5.41, 5.74) is 4.69. The van der Waals surface area contributed by atoms with Crippen molar-refractivity contribution < 1.29 is 8.42 Å². The lowest BCUT2D eigenvalue weighted by Gasteiger charge is -2.32. The SMILES string of the molecule is CN1Cc2ccccc2C(c2ccc3c(c2)C=CS3(=O)=O)C1. The third-order valence-electron chi connectivity index (χ3n) is 4.53. The second-order valence-electron chi connectivity index (χ2n) is 6.09. The molecule has 2 aromatic carbocycles. The summed E-state index contributed by atoms with van der Waals surface area (Å²) < 4.78 is 23.8. The van der Waals surface area contributed by atoms with Gasteiger partial charge in [0, 0.05) is 24.4 Å². The van der Waals surface area contributed by atoms with Gasteiger partial charge in [0.15, 0.2) is 9.84 Å². The molecule has 0 aliphatic carbocycles. The van der Waals surface area contributed by atoms with E-state index in [2.05, 4.69) is 36.2 Å². The molecule has 0 N–H and O–H groups in total. The summed E-state index contributed by atoms with van der Waals surface area (Å²) in [6, 6.07) is 14.3. The van der Waals surface area contributed by atoms with Crippen LogP contribution in [0.2, 0.25) is 0 Å². The monoisotopic (exact) mass is 311 g/mol. The van der Waals surface area contributed by atoms with E-state index in [1.54, 1.807) is 12.1 Å². The number of likely N-dealkylation sites (N-methyl/N-ethyl adjacent to an activating group) is 1. The van der Waals surface area contributed by atoms with Crippen molar-refractivity contribution in [1.29, 1.82) is 0 Å². The summed E-state index contributed by atoms with van der Waals surface area (Å²) in [6.45, 7) is 1.91. The molecule has 1 unspecified atom stereocenters. The molecule has 3 nitrogen and oxygen atoms in total. The van der Waals surface area contributed by atoms with Gasteiger partial charge in [0.05, 0.1) is 4.90 Å². The zero-order valence-corrected chi connectivity index (χ0v) is 13.2. The van der Waals surface area contributed by atoms with Gasteiger partial charge in [-0.3, -0.25) is 0 Å². The highest BCUT2D eigenvalue weighted by Crippen LogP contribution is 2.36. The number of nitrogens with zero attached hydrogens (tertiary/aromatic N) is 1. The Morgan fingerprint density at radius 3 is 2.82 bits per heavy atom. The van der Waals surface area contributed by atoms with E-state index < -0.39 is 9.84 Å². The van der Waals surface area contributed by atoms with Crippen LogP contribution in [0, 0.1) is 0 Å². The van der Waals surface area contributed by atoms with Crippen molar-refractivity contribution in [3.05, 3.63) is 70.1 Å². The van der Waals surface area contributed by atoms with E-state index >= 15 is 0 Å². The molecule has 1 atom stereocenters. The normalized spacial score (nSPS) is 22.3. The average Bonchev–Trinajstić information content (AvgIpc) is 2.81. The predicted molar refractivity (Wildman–Crippen MR) is 87.3 cm³/mol. The maximum absolute atomic E-state index is 11.9. The summed E-state index contributed by atoms with van der Waals surface area (Å²) in [5, 5.41) is 1.29. The minimum atomic E-state index is -3.22. The van der Waals surface area contributed by atoms with Gasteiger partial charge in [-0.15, -0.1) is 0 Å². The Bertz CT molecular complexity index is 884. The van der Waals surface area contributed by atoms with Crippen LogP contribution >= 0.6 is 0 Å². The largest absolute Gasteiger partial charge is 0.301 e. The highest BCUT2D eigenvalue weighted by molar-refractivity contribution is 7.94. The van der Waals surface area contributed by atoms with E-state index in [-0.39, 0.29) is 5.92 Å². The van der Waals surface area contributed by atoms with Crippen LogP contribution in [0.15, 0.2) is 52.8 Å². The van der Waals surface area contributed by atoms with Crippen LogP contribution in [0.4, 0.5) is 0 Å². The fourth-order valence-corrected chi connectivity index (χ4v) is 4.66. The number of hydrogen-bond acceptors (Lipinski definition) is 3. The third-order valence-corrected chi connectivity index (χ3v) is 6.01. The number of hydrogen-bond donors (Lipinski definition) is 0. The summed E-state index contributed by atoms with van der Waals surface area (Å²) in [4.78, 5) is 2.74. The van der Waals surface area contributed by atoms with Gasteiger partial charge in [-0.1, -0.05) is 30.3 Å². The number of rotatable bonds is 1. The van der Waals surface area contributed by atoms with E-state index in [4.69, 9.17) is 0 Å². The van der Waals surface area contributed by atoms with Crippen LogP contribution in [-0.2, 0) is 16.4 Å². The van der Waals surface area contributed by atoms with E-state index in [1.165, 1.54) is 22.1 Å². The molecule has 2 aliphatic rings. The first kappa shape index (κ1) is 13.7. The van der Waals surface area contributed by atoms with Gasteiger partial charge in [0.2, 0.25) is 0 Å². The zero-order chi connectivity index (χ0) is 15.3. The van der Waals surface area contributed by atoms with Crippen molar-refractivity contribution in [1.82, 2.24) is 4.90 Å². The van der Waals surface area contributed by atoms with E-state index in [0.717, 1.165) is 18.7 Å². The highest BCUT2D eigenvalue weighted by atomic mass is 32.2. The van der Waals surface area contributed by atoms with Crippen molar-refractivity contribution in [3.8, 4) is 0 Å². The summed E-state index contributed by atoms with van der Waals surface area (Å²) in [7, 11) is -1.09. The van der Waals surface area contributed by atoms with Crippen LogP contribution < -0.4 is 0 Å². The molecule has 0 amide bonds. The van der Waals surface area contributed by atoms with Gasteiger partial charge >= 0.3 is 0 Å². The minimum Gasteiger partial charge on any atom is -0.301 e. The van der Waals surface area contributed by atoms with Crippen LogP contribution in [0.25, 0.3) is 6.08 Å². The van der Waals surface area contributed by atoms with Gasteiger partial charge < -0.3 is 4.90 Å². The smallest absolute Gasteiger partial charge is 0.200 e. The first-order chi connectivity index (χ1) is 10.5. The molecule has 0 fully saturated rings. The standard InChI is InChI=1S/C18H17NO2S/c1-19-11-15-4-2-3-5-16(15)17(12-19)13-6-7-18-14(10-13)8-9-22(18,20)21/h2-10,17H,11-12H2,1H3. The molecular formula is C18H17NO2S. The molecule has 0 saturated carbocycles. The van der Waals surface area contributed by atoms with Crippen LogP contribution in [0.1, 0.15) is 28.2 Å². The molecule has 0 aromatic heterocycles. The number of fused-ring (bicyclic) bond motifs is 2. The Morgan fingerprint density at radius 1 is 1.14 bits per heavy atom. The lowest BCUT2D eigenvalue weighted by Crippen LogP contribution is -2.30. The van der Waals surface area contributed by atoms with E-state index in [9.17, 15) is 8.42 Å². The van der Waals surface area contributed by atoms with Gasteiger partial charge in [-0.2, -0.15) is 0 Å². The Labute approximate surface area is 130 Å². The molecule has 0 bridgehead atoms. The molecule has 22 heavy (non-hydrogen) atoms. The maximum Gasteiger partial charge on any atom is 0.200 e. The van der Waals surface area contributed by atoms with Gasteiger partial charge in [-0.25, -0.2) is 8.42 Å². The average molecular weight is 311 g/mol. The Balaban J connectivity index is 1.82. The summed E-state index contributed by atoms with van der Waals surface area (Å²) in [5.74, 6) is 0.289. The quantitative estimate of drug-likeness (QED) is 0.812. The second-order valence-corrected chi connectivity index (χ2v) is 7.90. The maximum atomic E-state index is 11.9. The Kier molecular flexibility index (Phi) is 2.99. The summed E-state index contributed by atoms with van der Waals surface area (Å²) in [6.07, 6.45) is 1.70. The van der Waals surface area contributed by atoms with Crippen molar-refractivity contribution in [3.63, 3.8) is 0 Å². The van der Waals surface area contributed by atoms with Crippen molar-refractivity contribution in [2.45, 2.75) is 17.4 Å². The Hall–Kier alpha value is -1.91. The topological polar surface area (TPSA) is 37.4 Å². The molecule has 0 saturated heterocycles. The molecule has 0 radical (unpaired) electrons. The first-order valence-electron chi connectivity index (χ1n) is 7.38. The highest BCUT2D eigenvalue weighted by Gasteiger charge is 2.27. The Morgan fingerprint density at radius 2 is 1.95 bits per heavy atom. The molecule has 2 aliphatic heterocycles. The molecule has 2 heterocycles. The fourth-order valence-electron chi connectivity index (χ4n) is 3.48. The van der Waals surface area contributed by atoms with Gasteiger partial charge in [0.25, 0.3) is 0 Å². The lowest BCUT2D eigenvalue weighted by molar-refractivity contribution is 0.295. The molecule has 2 aromatic rings. The molecule has 4 rings (SSSR count). The van der Waals surface area contributed by atoms with E-state index in [0.29, 0.717) is 4.90 Å². The number of benzene rings is 2. The zero-order valence-electron chi connectivity index (χ0n) is 12.4. The predicted octanol–water partition coefficient (Wildman–Crippen LogP) is 3.02. The fraction of sp³-hybridized carbons (Fsp3) is 0.222. The molecular weight excluding hydrogens is 294 g/mol. The molecule has 4 heteroatoms. The van der Waals surface area contributed by atoms with Crippen LogP contribution in [0.3, 0.4) is 0 Å². The van der Waals surface area contributed by atoms with Crippen molar-refractivity contribution >= 4 is 15.9 Å². The third kappa shape index (κ3) is 2.11. The van der Waals surface area contributed by atoms with Crippen LogP contribution in [-0.4, -0.2) is 26.9 Å². The summed E-state index contributed by atoms with van der Waals surface area (Å²) >= 11 is 0.